The second-order valence-corrected chi connectivity index (χ2v) is 4.52. The Kier molecular flexibility index (Phi) is 2.90. The van der Waals surface area contributed by atoms with Crippen LogP contribution in [0.5, 0.6) is 0 Å². The molecule has 18 heavy (non-hydrogen) atoms. The van der Waals surface area contributed by atoms with Gasteiger partial charge in [-0.1, -0.05) is 0 Å². The van der Waals surface area contributed by atoms with Crippen LogP contribution in [0.1, 0.15) is 19.4 Å². The Bertz CT molecular complexity index is 527. The molecule has 7 heteroatoms. The number of fused-ring (bicyclic) bond motifs is 1. The van der Waals surface area contributed by atoms with Gasteiger partial charge in [-0.2, -0.15) is 0 Å². The predicted molar refractivity (Wildman–Crippen MR) is 65.9 cm³/mol. The van der Waals surface area contributed by atoms with E-state index in [0.717, 1.165) is 6.07 Å². The summed E-state index contributed by atoms with van der Waals surface area (Å²) in [6, 6.07) is 2.61. The normalized spacial score (nSPS) is 13.8. The Balaban J connectivity index is 2.62. The zero-order chi connectivity index (χ0) is 13.4. The highest BCUT2D eigenvalue weighted by molar-refractivity contribution is 5.74. The average Bonchev–Trinajstić information content (AvgIpc) is 2.70. The minimum Gasteiger partial charge on any atom is -0.363 e. The molecule has 96 valence electrons. The molecular weight excluding hydrogens is 238 g/mol. The quantitative estimate of drug-likeness (QED) is 0.607. The highest BCUT2D eigenvalue weighted by Crippen LogP contribution is 2.40. The van der Waals surface area contributed by atoms with Crippen LogP contribution in [-0.2, 0) is 6.42 Å². The SMILES string of the molecule is CC(C)N1CCc2cc([N+](=O)[O-])cc([N+](=O)[O-])c21. The van der Waals surface area contributed by atoms with Crippen molar-refractivity contribution in [1.82, 2.24) is 0 Å². The van der Waals surface area contributed by atoms with Crippen LogP contribution in [0.3, 0.4) is 0 Å². The van der Waals surface area contributed by atoms with Crippen molar-refractivity contribution in [2.24, 2.45) is 0 Å². The number of nitro benzene ring substituents is 2. The molecule has 0 saturated carbocycles. The van der Waals surface area contributed by atoms with Gasteiger partial charge in [0.15, 0.2) is 0 Å². The van der Waals surface area contributed by atoms with E-state index in [1.54, 1.807) is 0 Å². The number of anilines is 1. The molecule has 1 aromatic rings. The first-order valence-corrected chi connectivity index (χ1v) is 5.64. The molecule has 0 unspecified atom stereocenters. The van der Waals surface area contributed by atoms with Crippen molar-refractivity contribution >= 4 is 17.1 Å². The van der Waals surface area contributed by atoms with Crippen molar-refractivity contribution in [3.05, 3.63) is 37.9 Å². The molecule has 0 aromatic heterocycles. The van der Waals surface area contributed by atoms with E-state index < -0.39 is 9.85 Å². The van der Waals surface area contributed by atoms with Gasteiger partial charge in [0.2, 0.25) is 0 Å². The predicted octanol–water partition coefficient (Wildman–Crippen LogP) is 2.27. The fourth-order valence-corrected chi connectivity index (χ4v) is 2.30. The molecule has 1 heterocycles. The van der Waals surface area contributed by atoms with Gasteiger partial charge in [-0.05, 0) is 25.8 Å². The monoisotopic (exact) mass is 251 g/mol. The van der Waals surface area contributed by atoms with Crippen LogP contribution in [0, 0.1) is 20.2 Å². The van der Waals surface area contributed by atoms with Crippen LogP contribution in [0.25, 0.3) is 0 Å². The van der Waals surface area contributed by atoms with E-state index >= 15 is 0 Å². The first kappa shape index (κ1) is 12.3. The summed E-state index contributed by atoms with van der Waals surface area (Å²) >= 11 is 0. The number of hydrogen-bond acceptors (Lipinski definition) is 5. The average molecular weight is 251 g/mol. The van der Waals surface area contributed by atoms with E-state index in [1.807, 2.05) is 18.7 Å². The molecule has 1 aromatic carbocycles. The maximum Gasteiger partial charge on any atom is 0.299 e. The van der Waals surface area contributed by atoms with Crippen molar-refractivity contribution in [3.63, 3.8) is 0 Å². The number of nitro groups is 2. The number of nitrogens with zero attached hydrogens (tertiary/aromatic N) is 3. The third-order valence-electron chi connectivity index (χ3n) is 3.09. The summed E-state index contributed by atoms with van der Waals surface area (Å²) < 4.78 is 0. The van der Waals surface area contributed by atoms with Crippen LogP contribution in [0.15, 0.2) is 12.1 Å². The van der Waals surface area contributed by atoms with Crippen LogP contribution < -0.4 is 4.90 Å². The van der Waals surface area contributed by atoms with Gasteiger partial charge in [-0.25, -0.2) is 0 Å². The van der Waals surface area contributed by atoms with Crippen molar-refractivity contribution in [2.45, 2.75) is 26.3 Å². The van der Waals surface area contributed by atoms with Gasteiger partial charge in [0.1, 0.15) is 5.69 Å². The summed E-state index contributed by atoms with van der Waals surface area (Å²) in [5, 5.41) is 21.8. The zero-order valence-corrected chi connectivity index (χ0v) is 10.1. The lowest BCUT2D eigenvalue weighted by Gasteiger charge is -2.23. The smallest absolute Gasteiger partial charge is 0.299 e. The Hall–Kier alpha value is -2.18. The van der Waals surface area contributed by atoms with Crippen molar-refractivity contribution in [1.29, 1.82) is 0 Å². The molecule has 1 aliphatic heterocycles. The van der Waals surface area contributed by atoms with Crippen molar-refractivity contribution < 1.29 is 9.85 Å². The minimum absolute atomic E-state index is 0.131. The van der Waals surface area contributed by atoms with E-state index in [9.17, 15) is 20.2 Å². The highest BCUT2D eigenvalue weighted by atomic mass is 16.6. The molecule has 7 nitrogen and oxygen atoms in total. The van der Waals surface area contributed by atoms with E-state index in [0.29, 0.717) is 24.2 Å². The zero-order valence-electron chi connectivity index (χ0n) is 10.1. The summed E-state index contributed by atoms with van der Waals surface area (Å²) in [5.41, 5.74) is 0.821. The first-order chi connectivity index (χ1) is 8.41. The molecule has 1 aliphatic rings. The summed E-state index contributed by atoms with van der Waals surface area (Å²) in [5.74, 6) is 0. The molecule has 0 saturated heterocycles. The third kappa shape index (κ3) is 1.87. The van der Waals surface area contributed by atoms with Crippen LogP contribution in [0.4, 0.5) is 17.1 Å². The summed E-state index contributed by atoms with van der Waals surface area (Å²) in [6.07, 6.45) is 0.607. The van der Waals surface area contributed by atoms with Crippen LogP contribution >= 0.6 is 0 Å². The lowest BCUT2D eigenvalue weighted by atomic mass is 10.1. The maximum atomic E-state index is 11.1. The van der Waals surface area contributed by atoms with E-state index in [1.165, 1.54) is 6.07 Å². The van der Waals surface area contributed by atoms with Gasteiger partial charge in [0.05, 0.1) is 15.9 Å². The van der Waals surface area contributed by atoms with Crippen molar-refractivity contribution in [2.75, 3.05) is 11.4 Å². The summed E-state index contributed by atoms with van der Waals surface area (Å²) in [6.45, 7) is 4.55. The molecule has 2 rings (SSSR count). The largest absolute Gasteiger partial charge is 0.363 e. The van der Waals surface area contributed by atoms with Gasteiger partial charge >= 0.3 is 0 Å². The molecule has 0 bridgehead atoms. The molecule has 0 N–H and O–H groups in total. The topological polar surface area (TPSA) is 89.5 Å². The lowest BCUT2D eigenvalue weighted by molar-refractivity contribution is -0.393. The molecule has 0 radical (unpaired) electrons. The third-order valence-corrected chi connectivity index (χ3v) is 3.09. The Morgan fingerprint density at radius 1 is 1.22 bits per heavy atom. The molecule has 0 atom stereocenters. The van der Waals surface area contributed by atoms with Crippen LogP contribution in [0.2, 0.25) is 0 Å². The first-order valence-electron chi connectivity index (χ1n) is 5.64. The van der Waals surface area contributed by atoms with Gasteiger partial charge < -0.3 is 4.90 Å². The molecule has 0 spiro atoms. The fraction of sp³-hybridized carbons (Fsp3) is 0.455. The van der Waals surface area contributed by atoms with Gasteiger partial charge in [0, 0.05) is 18.7 Å². The Labute approximate surface area is 103 Å². The summed E-state index contributed by atoms with van der Waals surface area (Å²) in [7, 11) is 0. The van der Waals surface area contributed by atoms with E-state index in [-0.39, 0.29) is 17.4 Å². The molecule has 0 fully saturated rings. The van der Waals surface area contributed by atoms with Crippen molar-refractivity contribution in [3.8, 4) is 0 Å². The van der Waals surface area contributed by atoms with Gasteiger partial charge in [0.25, 0.3) is 11.4 Å². The van der Waals surface area contributed by atoms with E-state index in [4.69, 9.17) is 0 Å². The fourth-order valence-electron chi connectivity index (χ4n) is 2.30. The lowest BCUT2D eigenvalue weighted by Crippen LogP contribution is -2.28. The second-order valence-electron chi connectivity index (χ2n) is 4.52. The number of hydrogen-bond donors (Lipinski definition) is 0. The Morgan fingerprint density at radius 2 is 1.89 bits per heavy atom. The highest BCUT2D eigenvalue weighted by Gasteiger charge is 2.32. The van der Waals surface area contributed by atoms with Gasteiger partial charge in [-0.3, -0.25) is 20.2 Å². The number of benzene rings is 1. The van der Waals surface area contributed by atoms with E-state index in [2.05, 4.69) is 0 Å². The second kappa shape index (κ2) is 4.25. The molecule has 0 aliphatic carbocycles. The maximum absolute atomic E-state index is 11.1. The standard InChI is InChI=1S/C11H13N3O4/c1-7(2)12-4-3-8-5-9(13(15)16)6-10(11(8)12)14(17)18/h5-7H,3-4H2,1-2H3. The molecule has 0 amide bonds. The van der Waals surface area contributed by atoms with Crippen LogP contribution in [-0.4, -0.2) is 22.4 Å². The van der Waals surface area contributed by atoms with Gasteiger partial charge in [-0.15, -0.1) is 0 Å². The number of rotatable bonds is 3. The molecular formula is C11H13N3O4. The Morgan fingerprint density at radius 3 is 2.39 bits per heavy atom. The summed E-state index contributed by atoms with van der Waals surface area (Å²) in [4.78, 5) is 22.6. The minimum atomic E-state index is -0.592. The number of non-ortho nitro benzene ring substituents is 1.